The lowest BCUT2D eigenvalue weighted by molar-refractivity contribution is 0.280. The third kappa shape index (κ3) is 16.4. The average Bonchev–Trinajstić information content (AvgIpc) is 0.806. The van der Waals surface area contributed by atoms with Crippen molar-refractivity contribution in [3.05, 3.63) is 266 Å². The van der Waals surface area contributed by atoms with Crippen LogP contribution in [0.1, 0.15) is 311 Å². The zero-order chi connectivity index (χ0) is 76.3. The summed E-state index contributed by atoms with van der Waals surface area (Å²) < 4.78 is 15.1. The molecule has 8 nitrogen and oxygen atoms in total. The van der Waals surface area contributed by atoms with Crippen molar-refractivity contribution in [2.45, 2.75) is 274 Å². The molecule has 0 fully saturated rings. The maximum absolute atomic E-state index is 13.2. The van der Waals surface area contributed by atoms with Gasteiger partial charge in [-0.15, -0.1) is 0 Å². The number of phenols is 6. The smallest absolute Gasteiger partial charge is 0.126 e. The Labute approximate surface area is 622 Å². The van der Waals surface area contributed by atoms with E-state index in [1.54, 1.807) is 0 Å². The predicted molar refractivity (Wildman–Crippen MR) is 429 cm³/mol. The molecule has 0 amide bonds. The summed E-state index contributed by atoms with van der Waals surface area (Å²) in [5, 5.41) is 78.9. The van der Waals surface area contributed by atoms with Gasteiger partial charge in [-0.05, 0) is 188 Å². The molecule has 0 spiro atoms. The molecule has 0 atom stereocenters. The molecule has 0 unspecified atom stereocenters. The quantitative estimate of drug-likeness (QED) is 0.0882. The van der Waals surface area contributed by atoms with Crippen molar-refractivity contribution in [3.63, 3.8) is 0 Å². The van der Waals surface area contributed by atoms with Gasteiger partial charge in [-0.2, -0.15) is 0 Å². The fourth-order valence-electron chi connectivity index (χ4n) is 14.8. The van der Waals surface area contributed by atoms with E-state index >= 15 is 0 Å². The summed E-state index contributed by atoms with van der Waals surface area (Å²) in [5.41, 5.74) is 19.0. The molecule has 11 rings (SSSR count). The molecule has 14 bridgehead atoms. The Morgan fingerprint density at radius 3 is 0.452 bits per heavy atom. The SMILES string of the molecule is CC(C)(C)c1cc2c(O)c(c1)Cc1cc(C(C)(C)C)cc(c1O)Cc1cc(C(C)(C)C)cc3c1OCc1ccccc1COc1c(cc(C(C)(C)C)cc1Cc1cc(C(C)(C)C)cc(c1O)Cc1cc(C(C)(C)C)cc(c1O)Cc1cc(C(C)(C)C)cc(c1O)C3)Cc1cc(C(C)(C)C)cc(c1O)C2. The number of rotatable bonds is 0. The highest BCUT2D eigenvalue weighted by Gasteiger charge is 2.33. The zero-order valence-corrected chi connectivity index (χ0v) is 67.1. The summed E-state index contributed by atoms with van der Waals surface area (Å²) >= 11 is 0. The Bertz CT molecular complexity index is 4260. The van der Waals surface area contributed by atoms with Crippen LogP contribution < -0.4 is 9.47 Å². The molecule has 550 valence electrons. The monoisotopic (exact) mass is 1400 g/mol. The van der Waals surface area contributed by atoms with E-state index in [1.165, 1.54) is 0 Å². The molecule has 2 heterocycles. The van der Waals surface area contributed by atoms with Gasteiger partial charge in [0.1, 0.15) is 59.2 Å². The summed E-state index contributed by atoms with van der Waals surface area (Å²) in [4.78, 5) is 0. The predicted octanol–water partition coefficient (Wildman–Crippen LogP) is 22.8. The number of fused-ring (bicyclic) bond motifs is 14. The minimum atomic E-state index is -0.364. The van der Waals surface area contributed by atoms with Gasteiger partial charge in [-0.3, -0.25) is 0 Å². The van der Waals surface area contributed by atoms with Gasteiger partial charge in [0, 0.05) is 51.4 Å². The van der Waals surface area contributed by atoms with Gasteiger partial charge in [0.05, 0.1) is 0 Å². The van der Waals surface area contributed by atoms with Crippen LogP contribution in [0.15, 0.2) is 121 Å². The van der Waals surface area contributed by atoms with Crippen molar-refractivity contribution in [1.82, 2.24) is 0 Å². The third-order valence-electron chi connectivity index (χ3n) is 21.9. The molecular weight excluding hydrogens is 1280 g/mol. The first-order valence-corrected chi connectivity index (χ1v) is 37.8. The second-order valence-corrected chi connectivity index (χ2v) is 38.9. The minimum absolute atomic E-state index is 0.117. The van der Waals surface area contributed by atoms with Gasteiger partial charge >= 0.3 is 0 Å². The molecule has 0 aliphatic carbocycles. The summed E-state index contributed by atoms with van der Waals surface area (Å²) in [6.07, 6.45) is 2.00. The summed E-state index contributed by atoms with van der Waals surface area (Å²) in [7, 11) is 0. The summed E-state index contributed by atoms with van der Waals surface area (Å²) in [5.74, 6) is 2.07. The van der Waals surface area contributed by atoms with Crippen LogP contribution in [0.5, 0.6) is 46.0 Å². The van der Waals surface area contributed by atoms with Crippen LogP contribution in [0.4, 0.5) is 0 Å². The van der Waals surface area contributed by atoms with E-state index in [1.807, 2.05) is 12.1 Å². The minimum Gasteiger partial charge on any atom is -0.507 e. The van der Waals surface area contributed by atoms with Crippen molar-refractivity contribution in [3.8, 4) is 46.0 Å². The lowest BCUT2D eigenvalue weighted by Crippen LogP contribution is -2.16. The second kappa shape index (κ2) is 27.4. The molecule has 0 radical (unpaired) electrons. The van der Waals surface area contributed by atoms with Gasteiger partial charge < -0.3 is 40.1 Å². The van der Waals surface area contributed by atoms with Crippen LogP contribution in [0, 0.1) is 0 Å². The number of benzene rings is 9. The normalized spacial score (nSPS) is 14.5. The van der Waals surface area contributed by atoms with Crippen molar-refractivity contribution < 1.29 is 40.1 Å². The lowest BCUT2D eigenvalue weighted by Gasteiger charge is -2.27. The van der Waals surface area contributed by atoms with E-state index in [2.05, 4.69) is 275 Å². The molecule has 104 heavy (non-hydrogen) atoms. The molecule has 2 aliphatic heterocycles. The highest BCUT2D eigenvalue weighted by molar-refractivity contribution is 5.63. The van der Waals surface area contributed by atoms with Crippen molar-refractivity contribution in [2.75, 3.05) is 0 Å². The van der Waals surface area contributed by atoms with E-state index in [0.29, 0.717) is 78.3 Å². The van der Waals surface area contributed by atoms with Crippen LogP contribution in [-0.4, -0.2) is 30.6 Å². The van der Waals surface area contributed by atoms with Crippen LogP contribution in [0.3, 0.4) is 0 Å². The number of ether oxygens (including phenoxy) is 2. The Morgan fingerprint density at radius 1 is 0.192 bits per heavy atom. The Hall–Kier alpha value is -8.62. The zero-order valence-electron chi connectivity index (χ0n) is 67.1. The van der Waals surface area contributed by atoms with E-state index in [0.717, 1.165) is 77.9 Å². The molecule has 8 heteroatoms. The standard InChI is InChI=1S/C96H118O8/c1-89(2,3)73-37-57-29-61-41-75(91(7,8)9)45-65(83(61)99)33-69-49-79(95(19,20)21)51-71-35-67-47-77(93(13,14)15)43-63(85(67)101)31-59-39-74(90(4,5)6)40-60(82(59)98)32-64-44-78(94(16,17)18)48-68(86(64)102)36-72-52-80(96(22,23)24)50-70(88(72)104-54-56-28-26-25-27-55(56)53-103-87(69)71)34-66-46-76(92(10,11)12)42-62(84(66)100)30-58(38-73)81(57)97/h25-28,37-52,97-102H,29-36,53-54H2,1-24H3. The first-order valence-electron chi connectivity index (χ1n) is 37.8. The van der Waals surface area contributed by atoms with E-state index in [-0.39, 0.29) is 142 Å². The number of hydrogen-bond acceptors (Lipinski definition) is 8. The van der Waals surface area contributed by atoms with Gasteiger partial charge in [0.2, 0.25) is 0 Å². The molecule has 0 saturated carbocycles. The van der Waals surface area contributed by atoms with Gasteiger partial charge in [0.15, 0.2) is 0 Å². The third-order valence-corrected chi connectivity index (χ3v) is 21.9. The van der Waals surface area contributed by atoms with Crippen molar-refractivity contribution in [2.24, 2.45) is 0 Å². The maximum atomic E-state index is 13.2. The fourth-order valence-corrected chi connectivity index (χ4v) is 14.8. The average molecular weight is 1400 g/mol. The molecular formula is C96H118O8. The van der Waals surface area contributed by atoms with E-state index in [9.17, 15) is 30.6 Å². The van der Waals surface area contributed by atoms with Crippen LogP contribution in [0.2, 0.25) is 0 Å². The molecule has 2 aliphatic rings. The Kier molecular flexibility index (Phi) is 20.1. The van der Waals surface area contributed by atoms with Gasteiger partial charge in [-0.25, -0.2) is 0 Å². The van der Waals surface area contributed by atoms with Crippen LogP contribution >= 0.6 is 0 Å². The first-order chi connectivity index (χ1) is 48.0. The Morgan fingerprint density at radius 2 is 0.317 bits per heavy atom. The van der Waals surface area contributed by atoms with E-state index in [4.69, 9.17) is 9.47 Å². The van der Waals surface area contributed by atoms with Crippen molar-refractivity contribution in [1.29, 1.82) is 0 Å². The fraction of sp³-hybridized carbons (Fsp3) is 0.438. The highest BCUT2D eigenvalue weighted by atomic mass is 16.5. The van der Waals surface area contributed by atoms with Gasteiger partial charge in [-0.1, -0.05) is 287 Å². The molecule has 9 aromatic rings. The van der Waals surface area contributed by atoms with E-state index < -0.39 is 0 Å². The van der Waals surface area contributed by atoms with Gasteiger partial charge in [0.25, 0.3) is 0 Å². The van der Waals surface area contributed by atoms with Crippen molar-refractivity contribution >= 4 is 0 Å². The van der Waals surface area contributed by atoms with Crippen LogP contribution in [0.25, 0.3) is 0 Å². The second-order valence-electron chi connectivity index (χ2n) is 38.9. The highest BCUT2D eigenvalue weighted by Crippen LogP contribution is 2.48. The topological polar surface area (TPSA) is 140 Å². The Balaban J connectivity index is 1.29. The van der Waals surface area contributed by atoms with Crippen LogP contribution in [-0.2, 0) is 108 Å². The molecule has 9 aromatic carbocycles. The largest absolute Gasteiger partial charge is 0.507 e. The summed E-state index contributed by atoms with van der Waals surface area (Å²) in [6.45, 7) is 53.0. The number of phenolic OH excluding ortho intramolecular Hbond substituents is 6. The molecule has 6 N–H and O–H groups in total. The number of hydrogen-bond donors (Lipinski definition) is 6. The first kappa shape index (κ1) is 76.5. The summed E-state index contributed by atoms with van der Waals surface area (Å²) in [6, 6.07) is 42.6. The maximum Gasteiger partial charge on any atom is 0.126 e. The molecule has 0 saturated heterocycles. The lowest BCUT2D eigenvalue weighted by atomic mass is 9.79. The molecule has 0 aromatic heterocycles. The number of aromatic hydroxyl groups is 6.